The highest BCUT2D eigenvalue weighted by molar-refractivity contribution is 7.20. The Bertz CT molecular complexity index is 865. The Morgan fingerprint density at radius 1 is 1.08 bits per heavy atom. The molecule has 0 radical (unpaired) electrons. The van der Waals surface area contributed by atoms with Crippen molar-refractivity contribution in [2.75, 3.05) is 18.0 Å². The first-order chi connectivity index (χ1) is 11.7. The third-order valence-corrected chi connectivity index (χ3v) is 5.12. The van der Waals surface area contributed by atoms with E-state index >= 15 is 0 Å². The van der Waals surface area contributed by atoms with E-state index in [0.29, 0.717) is 0 Å². The van der Waals surface area contributed by atoms with Crippen LogP contribution in [0.25, 0.3) is 16.2 Å². The number of anilines is 1. The standard InChI is InChI=1S/C18H21FN4OS/c1-17(2)10-22(11-18(3,4)24-17)16-21-23-9-14(20-15(23)25-16)12-5-7-13(19)8-6-12/h5-9H,10-11H2,1-4H3. The average molecular weight is 360 g/mol. The minimum absolute atomic E-state index is 0.227. The summed E-state index contributed by atoms with van der Waals surface area (Å²) in [7, 11) is 0. The summed E-state index contributed by atoms with van der Waals surface area (Å²) in [6.45, 7) is 9.99. The molecule has 0 spiro atoms. The van der Waals surface area contributed by atoms with Gasteiger partial charge in [0.1, 0.15) is 5.82 Å². The summed E-state index contributed by atoms with van der Waals surface area (Å²) in [4.78, 5) is 7.73. The number of aromatic nitrogens is 3. The molecule has 1 aliphatic rings. The number of nitrogens with zero attached hydrogens (tertiary/aromatic N) is 4. The van der Waals surface area contributed by atoms with Crippen molar-refractivity contribution in [1.82, 2.24) is 14.6 Å². The Labute approximate surface area is 150 Å². The Balaban J connectivity index is 1.64. The summed E-state index contributed by atoms with van der Waals surface area (Å²) in [5.41, 5.74) is 1.23. The van der Waals surface area contributed by atoms with Crippen LogP contribution in [0, 0.1) is 5.82 Å². The minimum atomic E-state index is -0.247. The molecule has 0 saturated carbocycles. The Morgan fingerprint density at radius 3 is 2.32 bits per heavy atom. The summed E-state index contributed by atoms with van der Waals surface area (Å²) in [6.07, 6.45) is 1.89. The number of morpholine rings is 1. The topological polar surface area (TPSA) is 42.7 Å². The van der Waals surface area contributed by atoms with Gasteiger partial charge < -0.3 is 9.64 Å². The maximum Gasteiger partial charge on any atom is 0.214 e. The predicted molar refractivity (Wildman–Crippen MR) is 97.7 cm³/mol. The fourth-order valence-corrected chi connectivity index (χ4v) is 4.38. The van der Waals surface area contributed by atoms with E-state index in [1.54, 1.807) is 28.0 Å². The number of imidazole rings is 1. The van der Waals surface area contributed by atoms with E-state index in [2.05, 4.69) is 37.6 Å². The van der Waals surface area contributed by atoms with Crippen molar-refractivity contribution in [3.8, 4) is 11.3 Å². The van der Waals surface area contributed by atoms with Crippen LogP contribution in [0.5, 0.6) is 0 Å². The fourth-order valence-electron chi connectivity index (χ4n) is 3.50. The van der Waals surface area contributed by atoms with Gasteiger partial charge in [0, 0.05) is 18.7 Å². The van der Waals surface area contributed by atoms with Crippen LogP contribution in [0.3, 0.4) is 0 Å². The number of halogens is 1. The molecule has 0 bridgehead atoms. The van der Waals surface area contributed by atoms with Crippen molar-refractivity contribution in [1.29, 1.82) is 0 Å². The van der Waals surface area contributed by atoms with Gasteiger partial charge in [0.15, 0.2) is 0 Å². The first-order valence-electron chi connectivity index (χ1n) is 8.28. The number of hydrogen-bond donors (Lipinski definition) is 0. The van der Waals surface area contributed by atoms with Crippen LogP contribution in [0.15, 0.2) is 30.5 Å². The van der Waals surface area contributed by atoms with Crippen molar-refractivity contribution < 1.29 is 9.13 Å². The molecule has 25 heavy (non-hydrogen) atoms. The summed E-state index contributed by atoms with van der Waals surface area (Å²) in [5.74, 6) is -0.247. The molecule has 1 saturated heterocycles. The van der Waals surface area contributed by atoms with Gasteiger partial charge in [-0.3, -0.25) is 0 Å². The quantitative estimate of drug-likeness (QED) is 0.693. The van der Waals surface area contributed by atoms with E-state index in [9.17, 15) is 4.39 Å². The van der Waals surface area contributed by atoms with Crippen molar-refractivity contribution in [3.05, 3.63) is 36.3 Å². The van der Waals surface area contributed by atoms with Crippen LogP contribution in [0.2, 0.25) is 0 Å². The van der Waals surface area contributed by atoms with E-state index in [4.69, 9.17) is 9.84 Å². The fraction of sp³-hybridized carbons (Fsp3) is 0.444. The van der Waals surface area contributed by atoms with Crippen LogP contribution >= 0.6 is 11.3 Å². The first kappa shape index (κ1) is 16.5. The van der Waals surface area contributed by atoms with Gasteiger partial charge in [-0.1, -0.05) is 11.3 Å². The smallest absolute Gasteiger partial charge is 0.214 e. The van der Waals surface area contributed by atoms with Crippen LogP contribution < -0.4 is 4.90 Å². The van der Waals surface area contributed by atoms with Crippen molar-refractivity contribution in [2.24, 2.45) is 0 Å². The second-order valence-electron chi connectivity index (χ2n) is 7.72. The number of hydrogen-bond acceptors (Lipinski definition) is 5. The lowest BCUT2D eigenvalue weighted by atomic mass is 9.99. The summed E-state index contributed by atoms with van der Waals surface area (Å²) in [5, 5.41) is 5.64. The van der Waals surface area contributed by atoms with E-state index in [1.807, 2.05) is 6.20 Å². The molecule has 1 aliphatic heterocycles. The second-order valence-corrected chi connectivity index (χ2v) is 8.66. The molecule has 3 heterocycles. The van der Waals surface area contributed by atoms with Gasteiger partial charge in [-0.15, -0.1) is 5.10 Å². The van der Waals surface area contributed by atoms with Gasteiger partial charge in [0.2, 0.25) is 10.1 Å². The Hall–Kier alpha value is -1.99. The Kier molecular flexibility index (Phi) is 3.63. The molecule has 4 rings (SSSR count). The molecule has 0 atom stereocenters. The maximum absolute atomic E-state index is 13.1. The molecular formula is C18H21FN4OS. The largest absolute Gasteiger partial charge is 0.366 e. The van der Waals surface area contributed by atoms with E-state index < -0.39 is 0 Å². The molecule has 132 valence electrons. The minimum Gasteiger partial charge on any atom is -0.366 e. The molecule has 5 nitrogen and oxygen atoms in total. The van der Waals surface area contributed by atoms with Gasteiger partial charge in [-0.2, -0.15) is 0 Å². The second kappa shape index (κ2) is 5.51. The molecule has 0 aliphatic carbocycles. The third-order valence-electron chi connectivity index (χ3n) is 4.14. The zero-order chi connectivity index (χ0) is 17.8. The van der Waals surface area contributed by atoms with Gasteiger partial charge in [0.05, 0.1) is 23.1 Å². The van der Waals surface area contributed by atoms with E-state index in [1.165, 1.54) is 12.1 Å². The molecule has 0 amide bonds. The summed E-state index contributed by atoms with van der Waals surface area (Å²) in [6, 6.07) is 6.35. The number of fused-ring (bicyclic) bond motifs is 1. The van der Waals surface area contributed by atoms with Crippen molar-refractivity contribution in [2.45, 2.75) is 38.9 Å². The average Bonchev–Trinajstić information content (AvgIpc) is 3.03. The first-order valence-corrected chi connectivity index (χ1v) is 9.10. The van der Waals surface area contributed by atoms with E-state index in [0.717, 1.165) is 34.4 Å². The molecule has 7 heteroatoms. The zero-order valence-corrected chi connectivity index (χ0v) is 15.6. The highest BCUT2D eigenvalue weighted by Crippen LogP contribution is 2.34. The molecule has 0 N–H and O–H groups in total. The van der Waals surface area contributed by atoms with Gasteiger partial charge in [-0.05, 0) is 52.0 Å². The van der Waals surface area contributed by atoms with Gasteiger partial charge >= 0.3 is 0 Å². The van der Waals surface area contributed by atoms with Crippen LogP contribution in [-0.2, 0) is 4.74 Å². The number of rotatable bonds is 2. The monoisotopic (exact) mass is 360 g/mol. The zero-order valence-electron chi connectivity index (χ0n) is 14.8. The van der Waals surface area contributed by atoms with Crippen molar-refractivity contribution >= 4 is 21.4 Å². The van der Waals surface area contributed by atoms with Crippen LogP contribution in [-0.4, -0.2) is 38.9 Å². The molecule has 2 aromatic heterocycles. The molecular weight excluding hydrogens is 339 g/mol. The molecule has 1 aromatic carbocycles. The summed E-state index contributed by atoms with van der Waals surface area (Å²) < 4.78 is 21.0. The molecule has 1 fully saturated rings. The molecule has 0 unspecified atom stereocenters. The van der Waals surface area contributed by atoms with Gasteiger partial charge in [-0.25, -0.2) is 13.9 Å². The highest BCUT2D eigenvalue weighted by atomic mass is 32.1. The Morgan fingerprint density at radius 2 is 1.72 bits per heavy atom. The normalized spacial score (nSPS) is 19.5. The number of benzene rings is 1. The lowest BCUT2D eigenvalue weighted by molar-refractivity contribution is -0.133. The van der Waals surface area contributed by atoms with Gasteiger partial charge in [0.25, 0.3) is 0 Å². The van der Waals surface area contributed by atoms with Crippen LogP contribution in [0.4, 0.5) is 9.52 Å². The SMILES string of the molecule is CC1(C)CN(c2nn3cc(-c4ccc(F)cc4)nc3s2)CC(C)(C)O1. The predicted octanol–water partition coefficient (Wildman–Crippen LogP) is 3.99. The maximum atomic E-state index is 13.1. The number of ether oxygens (including phenoxy) is 1. The van der Waals surface area contributed by atoms with Crippen LogP contribution in [0.1, 0.15) is 27.7 Å². The van der Waals surface area contributed by atoms with Crippen molar-refractivity contribution in [3.63, 3.8) is 0 Å². The lowest BCUT2D eigenvalue weighted by Crippen LogP contribution is -2.57. The van der Waals surface area contributed by atoms with E-state index in [-0.39, 0.29) is 17.0 Å². The lowest BCUT2D eigenvalue weighted by Gasteiger charge is -2.46. The molecule has 3 aromatic rings. The highest BCUT2D eigenvalue weighted by Gasteiger charge is 2.39. The third kappa shape index (κ3) is 3.26. The summed E-state index contributed by atoms with van der Waals surface area (Å²) >= 11 is 1.56.